The first-order chi connectivity index (χ1) is 15.0. The molecule has 0 aliphatic carbocycles. The van der Waals surface area contributed by atoms with Gasteiger partial charge in [-0.3, -0.25) is 0 Å². The third kappa shape index (κ3) is 8.95. The number of alkyl halides is 1. The number of carbonyl (C=O) groups is 1. The van der Waals surface area contributed by atoms with Crippen LogP contribution in [0.4, 0.5) is 0 Å². The molecule has 0 amide bonds. The third-order valence-corrected chi connectivity index (χ3v) is 6.27. The first-order valence-corrected chi connectivity index (χ1v) is 12.1. The second-order valence-corrected chi connectivity index (χ2v) is 8.78. The van der Waals surface area contributed by atoms with Gasteiger partial charge in [0.25, 0.3) is 0 Å². The first kappa shape index (κ1) is 25.3. The number of unbranched alkanes of at least 4 members (excludes halogenated alkanes) is 5. The lowest BCUT2D eigenvalue weighted by molar-refractivity contribution is 0.0489. The number of ether oxygens (including phenoxy) is 2. The molecule has 0 saturated heterocycles. The fraction of sp³-hybridized carbons (Fsp3) is 0.519. The maximum absolute atomic E-state index is 12.3. The van der Waals surface area contributed by atoms with Crippen molar-refractivity contribution in [3.63, 3.8) is 0 Å². The molecule has 2 unspecified atom stereocenters. The maximum atomic E-state index is 12.3. The molecule has 2 atom stereocenters. The van der Waals surface area contributed by atoms with Crippen molar-refractivity contribution >= 4 is 17.6 Å². The number of esters is 1. The van der Waals surface area contributed by atoms with Crippen LogP contribution in [-0.2, 0) is 4.74 Å². The van der Waals surface area contributed by atoms with Crippen molar-refractivity contribution in [2.75, 3.05) is 13.2 Å². The lowest BCUT2D eigenvalue weighted by Gasteiger charge is -2.16. The van der Waals surface area contributed by atoms with Gasteiger partial charge < -0.3 is 9.47 Å². The van der Waals surface area contributed by atoms with E-state index >= 15 is 0 Å². The molecular weight excluding hydrogens is 408 g/mol. The molecule has 2 rings (SSSR count). The average molecular weight is 445 g/mol. The number of rotatable bonds is 14. The molecule has 0 fully saturated rings. The average Bonchev–Trinajstić information content (AvgIpc) is 2.81. The summed E-state index contributed by atoms with van der Waals surface area (Å²) in [5, 5.41) is -0.157. The van der Waals surface area contributed by atoms with Crippen LogP contribution in [0, 0.1) is 5.92 Å². The lowest BCUT2D eigenvalue weighted by atomic mass is 10.0. The van der Waals surface area contributed by atoms with Crippen molar-refractivity contribution in [3.8, 4) is 16.9 Å². The second kappa shape index (κ2) is 14.1. The molecule has 0 saturated carbocycles. The van der Waals surface area contributed by atoms with Crippen LogP contribution >= 0.6 is 11.6 Å². The van der Waals surface area contributed by atoms with Crippen molar-refractivity contribution in [1.82, 2.24) is 0 Å². The summed E-state index contributed by atoms with van der Waals surface area (Å²) in [6.45, 7) is 7.38. The van der Waals surface area contributed by atoms with Crippen LogP contribution in [0.2, 0.25) is 0 Å². The normalized spacial score (nSPS) is 12.9. The van der Waals surface area contributed by atoms with Crippen LogP contribution in [0.1, 0.15) is 76.1 Å². The molecule has 4 heteroatoms. The molecule has 31 heavy (non-hydrogen) atoms. The Hall–Kier alpha value is -2.00. The molecule has 0 radical (unpaired) electrons. The van der Waals surface area contributed by atoms with E-state index in [9.17, 15) is 4.79 Å². The van der Waals surface area contributed by atoms with Gasteiger partial charge in [0.05, 0.1) is 17.5 Å². The summed E-state index contributed by atoms with van der Waals surface area (Å²) >= 11 is 6.26. The standard InChI is InChI=1S/C27H37ClO3/c1-4-6-7-8-9-10-19-30-25-17-15-23(16-18-25)22-11-13-24(14-12-22)27(29)31-20-26(28)21(3)5-2/h11-18,21,26H,4-10,19-20H2,1-3H3. The zero-order valence-corrected chi connectivity index (χ0v) is 20.0. The van der Waals surface area contributed by atoms with Crippen molar-refractivity contribution in [3.05, 3.63) is 54.1 Å². The van der Waals surface area contributed by atoms with E-state index in [4.69, 9.17) is 21.1 Å². The van der Waals surface area contributed by atoms with Gasteiger partial charge in [-0.05, 0) is 47.7 Å². The van der Waals surface area contributed by atoms with E-state index in [1.807, 2.05) is 36.4 Å². The van der Waals surface area contributed by atoms with Crippen molar-refractivity contribution < 1.29 is 14.3 Å². The third-order valence-electron chi connectivity index (χ3n) is 5.71. The van der Waals surface area contributed by atoms with Crippen LogP contribution < -0.4 is 4.74 Å². The topological polar surface area (TPSA) is 35.5 Å². The Bertz CT molecular complexity index is 755. The van der Waals surface area contributed by atoms with E-state index in [0.717, 1.165) is 36.3 Å². The van der Waals surface area contributed by atoms with Crippen LogP contribution in [-0.4, -0.2) is 24.6 Å². The predicted molar refractivity (Wildman–Crippen MR) is 130 cm³/mol. The molecule has 0 spiro atoms. The summed E-state index contributed by atoms with van der Waals surface area (Å²) in [5.41, 5.74) is 2.67. The maximum Gasteiger partial charge on any atom is 0.338 e. The molecule has 2 aromatic rings. The number of halogens is 1. The minimum Gasteiger partial charge on any atom is -0.494 e. The second-order valence-electron chi connectivity index (χ2n) is 8.22. The molecule has 0 aromatic heterocycles. The molecule has 170 valence electrons. The molecule has 0 aliphatic heterocycles. The van der Waals surface area contributed by atoms with Gasteiger partial charge in [-0.2, -0.15) is 0 Å². The van der Waals surface area contributed by atoms with E-state index in [2.05, 4.69) is 20.8 Å². The Morgan fingerprint density at radius 1 is 0.871 bits per heavy atom. The molecule has 0 heterocycles. The van der Waals surface area contributed by atoms with E-state index in [0.29, 0.717) is 11.5 Å². The fourth-order valence-corrected chi connectivity index (χ4v) is 3.51. The van der Waals surface area contributed by atoms with Gasteiger partial charge in [-0.1, -0.05) is 83.6 Å². The molecule has 3 nitrogen and oxygen atoms in total. The lowest BCUT2D eigenvalue weighted by Crippen LogP contribution is -2.20. The Morgan fingerprint density at radius 3 is 2.06 bits per heavy atom. The molecule has 0 bridgehead atoms. The van der Waals surface area contributed by atoms with Crippen LogP contribution in [0.5, 0.6) is 5.75 Å². The van der Waals surface area contributed by atoms with Gasteiger partial charge in [-0.25, -0.2) is 4.79 Å². The van der Waals surface area contributed by atoms with Gasteiger partial charge >= 0.3 is 5.97 Å². The van der Waals surface area contributed by atoms with E-state index in [1.54, 1.807) is 12.1 Å². The highest BCUT2D eigenvalue weighted by Crippen LogP contribution is 2.23. The fourth-order valence-electron chi connectivity index (χ4n) is 3.27. The quantitative estimate of drug-likeness (QED) is 0.169. The number of carbonyl (C=O) groups excluding carboxylic acids is 1. The summed E-state index contributed by atoms with van der Waals surface area (Å²) in [6.07, 6.45) is 8.53. The van der Waals surface area contributed by atoms with Gasteiger partial charge in [0.2, 0.25) is 0 Å². The summed E-state index contributed by atoms with van der Waals surface area (Å²) in [4.78, 5) is 12.3. The van der Waals surface area contributed by atoms with Gasteiger partial charge in [0.15, 0.2) is 0 Å². The van der Waals surface area contributed by atoms with Crippen molar-refractivity contribution in [2.24, 2.45) is 5.92 Å². The van der Waals surface area contributed by atoms with Crippen LogP contribution in [0.25, 0.3) is 11.1 Å². The zero-order chi connectivity index (χ0) is 22.5. The van der Waals surface area contributed by atoms with Gasteiger partial charge in [-0.15, -0.1) is 11.6 Å². The smallest absolute Gasteiger partial charge is 0.338 e. The van der Waals surface area contributed by atoms with Gasteiger partial charge in [0, 0.05) is 0 Å². The van der Waals surface area contributed by atoms with E-state index in [-0.39, 0.29) is 18.0 Å². The van der Waals surface area contributed by atoms with Gasteiger partial charge in [0.1, 0.15) is 12.4 Å². The highest BCUT2D eigenvalue weighted by Gasteiger charge is 2.16. The highest BCUT2D eigenvalue weighted by molar-refractivity contribution is 6.21. The summed E-state index contributed by atoms with van der Waals surface area (Å²) < 4.78 is 11.2. The minimum atomic E-state index is -0.334. The Kier molecular flexibility index (Phi) is 11.5. The van der Waals surface area contributed by atoms with E-state index < -0.39 is 0 Å². The summed E-state index contributed by atoms with van der Waals surface area (Å²) in [6, 6.07) is 15.6. The Balaban J connectivity index is 1.79. The summed E-state index contributed by atoms with van der Waals surface area (Å²) in [7, 11) is 0. The minimum absolute atomic E-state index is 0.157. The van der Waals surface area contributed by atoms with Crippen molar-refractivity contribution in [1.29, 1.82) is 0 Å². The van der Waals surface area contributed by atoms with E-state index in [1.165, 1.54) is 32.1 Å². The largest absolute Gasteiger partial charge is 0.494 e. The zero-order valence-electron chi connectivity index (χ0n) is 19.2. The molecule has 0 N–H and O–H groups in total. The molecular formula is C27H37ClO3. The monoisotopic (exact) mass is 444 g/mol. The molecule has 0 aliphatic rings. The Morgan fingerprint density at radius 2 is 1.45 bits per heavy atom. The highest BCUT2D eigenvalue weighted by atomic mass is 35.5. The Labute approximate surface area is 193 Å². The predicted octanol–water partition coefficient (Wildman–Crippen LogP) is 7.90. The number of benzene rings is 2. The number of hydrogen-bond acceptors (Lipinski definition) is 3. The molecule has 2 aromatic carbocycles. The SMILES string of the molecule is CCCCCCCCOc1ccc(-c2ccc(C(=O)OCC(Cl)C(C)CC)cc2)cc1. The van der Waals surface area contributed by atoms with Crippen LogP contribution in [0.3, 0.4) is 0 Å². The first-order valence-electron chi connectivity index (χ1n) is 11.7. The van der Waals surface area contributed by atoms with Crippen LogP contribution in [0.15, 0.2) is 48.5 Å². The van der Waals surface area contributed by atoms with Crippen molar-refractivity contribution in [2.45, 2.75) is 71.1 Å². The summed E-state index contributed by atoms with van der Waals surface area (Å²) in [5.74, 6) is 0.878. The number of hydrogen-bond donors (Lipinski definition) is 0.